The molecule has 2 unspecified atom stereocenters. The smallest absolute Gasteiger partial charge is 0.226 e. The molecule has 2 atom stereocenters. The Morgan fingerprint density at radius 2 is 2.04 bits per heavy atom. The Balaban J connectivity index is 1.25. The predicted molar refractivity (Wildman–Crippen MR) is 100 cm³/mol. The van der Waals surface area contributed by atoms with Gasteiger partial charge in [0.25, 0.3) is 0 Å². The normalized spacial score (nSPS) is 33.0. The van der Waals surface area contributed by atoms with E-state index in [2.05, 4.69) is 15.4 Å². The van der Waals surface area contributed by atoms with Gasteiger partial charge in [0, 0.05) is 0 Å². The fraction of sp³-hybridized carbons (Fsp3) is 0.571. The lowest BCUT2D eigenvalue weighted by molar-refractivity contribution is -0.156. The topological polar surface area (TPSA) is 69.0 Å². The van der Waals surface area contributed by atoms with Crippen LogP contribution in [0, 0.1) is 23.1 Å². The van der Waals surface area contributed by atoms with E-state index < -0.39 is 0 Å². The molecule has 1 amide bonds. The molecule has 4 bridgehead atoms. The van der Waals surface area contributed by atoms with Gasteiger partial charge < -0.3 is 10.1 Å². The minimum absolute atomic E-state index is 0.0679. The third-order valence-electron chi connectivity index (χ3n) is 6.90. The third-order valence-corrected chi connectivity index (χ3v) is 6.90. The minimum atomic E-state index is -0.385. The van der Waals surface area contributed by atoms with Gasteiger partial charge in [0.2, 0.25) is 5.91 Å². The number of hydrogen-bond acceptors (Lipinski definition) is 4. The number of nitrogens with zero attached hydrogens (tertiary/aromatic N) is 3. The molecular weight excluding hydrogens is 359 g/mol. The number of hydrogen-bond donors (Lipinski definition) is 1. The summed E-state index contributed by atoms with van der Waals surface area (Å²) in [4.78, 5) is 17.3. The molecule has 2 aromatic rings. The van der Waals surface area contributed by atoms with E-state index in [-0.39, 0.29) is 35.0 Å². The monoisotopic (exact) mass is 384 g/mol. The maximum Gasteiger partial charge on any atom is 0.226 e. The summed E-state index contributed by atoms with van der Waals surface area (Å²) >= 11 is 0. The maximum atomic E-state index is 13.6. The molecule has 0 spiro atoms. The van der Waals surface area contributed by atoms with Gasteiger partial charge in [-0.3, -0.25) is 4.79 Å². The molecule has 1 aromatic heterocycles. The Morgan fingerprint density at radius 3 is 2.75 bits per heavy atom. The summed E-state index contributed by atoms with van der Waals surface area (Å²) in [5.41, 5.74) is -0.393. The van der Waals surface area contributed by atoms with Crippen molar-refractivity contribution in [3.63, 3.8) is 0 Å². The van der Waals surface area contributed by atoms with Crippen LogP contribution in [0.2, 0.25) is 0 Å². The Morgan fingerprint density at radius 1 is 1.25 bits per heavy atom. The average molecular weight is 384 g/mol. The second-order valence-electron chi connectivity index (χ2n) is 8.84. The van der Waals surface area contributed by atoms with E-state index in [0.29, 0.717) is 18.4 Å². The van der Waals surface area contributed by atoms with Crippen LogP contribution in [0.25, 0.3) is 0 Å². The molecule has 0 saturated heterocycles. The molecule has 1 aromatic carbocycles. The fourth-order valence-corrected chi connectivity index (χ4v) is 6.28. The number of halogens is 1. The quantitative estimate of drug-likeness (QED) is 0.778. The highest BCUT2D eigenvalue weighted by molar-refractivity contribution is 5.83. The van der Waals surface area contributed by atoms with E-state index in [9.17, 15) is 9.18 Å². The first-order chi connectivity index (χ1) is 13.6. The Bertz CT molecular complexity index is 855. The number of carbonyl (C=O) groups excluding carboxylic acids is 1. The van der Waals surface area contributed by atoms with E-state index in [1.807, 2.05) is 4.68 Å². The molecule has 28 heavy (non-hydrogen) atoms. The second kappa shape index (κ2) is 6.57. The summed E-state index contributed by atoms with van der Waals surface area (Å²) in [5.74, 6) is 1.10. The third kappa shape index (κ3) is 2.88. The standard InChI is InChI=1S/C21H25FN4O2/c22-17-3-1-2-4-18(17)28-6-5-24-19(27)20-8-15-7-16(9-20)11-21(10-15,12-20)26-14-23-13-25-26/h1-4,13-16H,5-12H2,(H,24,27). The van der Waals surface area contributed by atoms with Crippen LogP contribution < -0.4 is 10.1 Å². The van der Waals surface area contributed by atoms with E-state index in [1.54, 1.807) is 30.9 Å². The molecule has 4 saturated carbocycles. The molecule has 148 valence electrons. The molecule has 0 radical (unpaired) electrons. The number of rotatable bonds is 6. The molecule has 1 N–H and O–H groups in total. The molecule has 4 aliphatic carbocycles. The van der Waals surface area contributed by atoms with Crippen molar-refractivity contribution in [3.05, 3.63) is 42.7 Å². The van der Waals surface area contributed by atoms with Crippen molar-refractivity contribution < 1.29 is 13.9 Å². The number of para-hydroxylation sites is 1. The molecule has 6 rings (SSSR count). The largest absolute Gasteiger partial charge is 0.489 e. The van der Waals surface area contributed by atoms with Crippen LogP contribution in [0.5, 0.6) is 5.75 Å². The van der Waals surface area contributed by atoms with Gasteiger partial charge in [0.1, 0.15) is 19.3 Å². The Kier molecular flexibility index (Phi) is 4.14. The minimum Gasteiger partial charge on any atom is -0.489 e. The SMILES string of the molecule is O=C(NCCOc1ccccc1F)C12CC3CC(C1)CC(n1cncn1)(C3)C2. The van der Waals surface area contributed by atoms with Gasteiger partial charge in [-0.25, -0.2) is 14.1 Å². The molecular formula is C21H25FN4O2. The van der Waals surface area contributed by atoms with Crippen LogP contribution in [-0.4, -0.2) is 33.8 Å². The Hall–Kier alpha value is -2.44. The number of ether oxygens (including phenoxy) is 1. The summed E-state index contributed by atoms with van der Waals surface area (Å²) in [6.45, 7) is 0.629. The first-order valence-corrected chi connectivity index (χ1v) is 10.1. The summed E-state index contributed by atoms with van der Waals surface area (Å²) in [6.07, 6.45) is 9.56. The van der Waals surface area contributed by atoms with Gasteiger partial charge in [-0.1, -0.05) is 12.1 Å². The van der Waals surface area contributed by atoms with Crippen molar-refractivity contribution in [2.75, 3.05) is 13.2 Å². The van der Waals surface area contributed by atoms with Crippen LogP contribution in [0.4, 0.5) is 4.39 Å². The lowest BCUT2D eigenvalue weighted by atomic mass is 9.46. The number of carbonyl (C=O) groups is 1. The van der Waals surface area contributed by atoms with Gasteiger partial charge in [-0.05, 0) is 62.5 Å². The lowest BCUT2D eigenvalue weighted by Gasteiger charge is -2.60. The van der Waals surface area contributed by atoms with E-state index in [1.165, 1.54) is 12.5 Å². The van der Waals surface area contributed by atoms with Crippen molar-refractivity contribution in [3.8, 4) is 5.75 Å². The Labute approximate surface area is 163 Å². The van der Waals surface area contributed by atoms with Gasteiger partial charge in [-0.2, -0.15) is 5.10 Å². The molecule has 4 aliphatic rings. The van der Waals surface area contributed by atoms with Gasteiger partial charge in [0.05, 0.1) is 17.5 Å². The summed E-state index contributed by atoms with van der Waals surface area (Å²) in [5, 5.41) is 7.49. The summed E-state index contributed by atoms with van der Waals surface area (Å²) < 4.78 is 21.1. The van der Waals surface area contributed by atoms with Crippen molar-refractivity contribution in [2.45, 2.75) is 44.1 Å². The van der Waals surface area contributed by atoms with Gasteiger partial charge >= 0.3 is 0 Å². The summed E-state index contributed by atoms with van der Waals surface area (Å²) in [6, 6.07) is 6.32. The second-order valence-corrected chi connectivity index (χ2v) is 8.84. The van der Waals surface area contributed by atoms with Crippen LogP contribution >= 0.6 is 0 Å². The van der Waals surface area contributed by atoms with Crippen molar-refractivity contribution >= 4 is 5.91 Å². The highest BCUT2D eigenvalue weighted by atomic mass is 19.1. The van der Waals surface area contributed by atoms with Gasteiger partial charge in [-0.15, -0.1) is 0 Å². The average Bonchev–Trinajstić information content (AvgIpc) is 3.21. The highest BCUT2D eigenvalue weighted by Crippen LogP contribution is 2.64. The first kappa shape index (κ1) is 17.6. The van der Waals surface area contributed by atoms with E-state index in [0.717, 1.165) is 32.1 Å². The number of aromatic nitrogens is 3. The number of benzene rings is 1. The molecule has 6 nitrogen and oxygen atoms in total. The van der Waals surface area contributed by atoms with E-state index >= 15 is 0 Å². The fourth-order valence-electron chi connectivity index (χ4n) is 6.28. The summed E-state index contributed by atoms with van der Waals surface area (Å²) in [7, 11) is 0. The van der Waals surface area contributed by atoms with Crippen molar-refractivity contribution in [1.82, 2.24) is 20.1 Å². The molecule has 0 aliphatic heterocycles. The molecule has 1 heterocycles. The number of amides is 1. The predicted octanol–water partition coefficient (Wildman–Crippen LogP) is 2.91. The zero-order valence-electron chi connectivity index (χ0n) is 15.8. The van der Waals surface area contributed by atoms with E-state index in [4.69, 9.17) is 4.74 Å². The van der Waals surface area contributed by atoms with Crippen LogP contribution in [0.15, 0.2) is 36.9 Å². The lowest BCUT2D eigenvalue weighted by Crippen LogP contribution is -2.61. The van der Waals surface area contributed by atoms with Crippen LogP contribution in [0.3, 0.4) is 0 Å². The van der Waals surface area contributed by atoms with Crippen LogP contribution in [-0.2, 0) is 10.3 Å². The van der Waals surface area contributed by atoms with Gasteiger partial charge in [0.15, 0.2) is 11.6 Å². The zero-order valence-corrected chi connectivity index (χ0v) is 15.8. The zero-order chi connectivity index (χ0) is 19.2. The number of nitrogens with one attached hydrogen (secondary N) is 1. The molecule has 7 heteroatoms. The first-order valence-electron chi connectivity index (χ1n) is 10.1. The van der Waals surface area contributed by atoms with Crippen LogP contribution in [0.1, 0.15) is 38.5 Å². The molecule has 4 fully saturated rings. The maximum absolute atomic E-state index is 13.6. The van der Waals surface area contributed by atoms with Crippen molar-refractivity contribution in [1.29, 1.82) is 0 Å². The van der Waals surface area contributed by atoms with Crippen molar-refractivity contribution in [2.24, 2.45) is 17.3 Å². The highest BCUT2D eigenvalue weighted by Gasteiger charge is 2.61.